The molecule has 1 aromatic carbocycles. The third-order valence-electron chi connectivity index (χ3n) is 2.77. The first-order valence-electron chi connectivity index (χ1n) is 7.40. The van der Waals surface area contributed by atoms with Crippen LogP contribution >= 0.6 is 0 Å². The van der Waals surface area contributed by atoms with Crippen LogP contribution in [0.4, 0.5) is 0 Å². The molecule has 0 amide bonds. The van der Waals surface area contributed by atoms with Gasteiger partial charge in [0.2, 0.25) is 0 Å². The molecule has 20 heavy (non-hydrogen) atoms. The molecule has 0 fully saturated rings. The van der Waals surface area contributed by atoms with Crippen molar-refractivity contribution < 1.29 is 14.2 Å². The van der Waals surface area contributed by atoms with Crippen molar-refractivity contribution in [1.82, 2.24) is 5.32 Å². The quantitative estimate of drug-likeness (QED) is 0.633. The van der Waals surface area contributed by atoms with Crippen LogP contribution in [0.2, 0.25) is 0 Å². The molecular weight excluding hydrogens is 254 g/mol. The molecule has 0 bridgehead atoms. The maximum absolute atomic E-state index is 5.81. The van der Waals surface area contributed by atoms with Crippen LogP contribution < -0.4 is 14.8 Å². The van der Waals surface area contributed by atoms with Gasteiger partial charge >= 0.3 is 0 Å². The van der Waals surface area contributed by atoms with E-state index in [0.29, 0.717) is 6.61 Å². The summed E-state index contributed by atoms with van der Waals surface area (Å²) in [6.45, 7) is 7.98. The van der Waals surface area contributed by atoms with Crippen molar-refractivity contribution in [3.8, 4) is 11.5 Å². The van der Waals surface area contributed by atoms with Crippen molar-refractivity contribution in [2.75, 3.05) is 33.5 Å². The number of hydrogen-bond acceptors (Lipinski definition) is 4. The topological polar surface area (TPSA) is 39.7 Å². The van der Waals surface area contributed by atoms with Crippen molar-refractivity contribution in [3.63, 3.8) is 0 Å². The van der Waals surface area contributed by atoms with E-state index in [-0.39, 0.29) is 0 Å². The fourth-order valence-corrected chi connectivity index (χ4v) is 1.73. The van der Waals surface area contributed by atoms with E-state index in [2.05, 4.69) is 25.2 Å². The molecule has 0 spiro atoms. The Kier molecular flexibility index (Phi) is 8.83. The highest BCUT2D eigenvalue weighted by Crippen LogP contribution is 2.25. The van der Waals surface area contributed by atoms with Gasteiger partial charge in [0.1, 0.15) is 11.5 Å². The predicted octanol–water partition coefficient (Wildman–Crippen LogP) is 3.00. The minimum absolute atomic E-state index is 0.711. The highest BCUT2D eigenvalue weighted by atomic mass is 16.5. The van der Waals surface area contributed by atoms with Gasteiger partial charge in [-0.25, -0.2) is 0 Å². The van der Waals surface area contributed by atoms with Gasteiger partial charge in [-0.1, -0.05) is 19.9 Å². The lowest BCUT2D eigenvalue weighted by atomic mass is 10.2. The zero-order valence-corrected chi connectivity index (χ0v) is 12.9. The molecule has 0 aliphatic carbocycles. The third kappa shape index (κ3) is 6.26. The Balaban J connectivity index is 2.64. The molecule has 0 aliphatic heterocycles. The molecule has 0 saturated carbocycles. The Hall–Kier alpha value is -1.26. The van der Waals surface area contributed by atoms with Crippen molar-refractivity contribution in [2.24, 2.45) is 0 Å². The van der Waals surface area contributed by atoms with Gasteiger partial charge in [-0.05, 0) is 18.9 Å². The van der Waals surface area contributed by atoms with Crippen molar-refractivity contribution in [2.45, 2.75) is 33.2 Å². The van der Waals surface area contributed by atoms with Crippen LogP contribution in [0.25, 0.3) is 0 Å². The van der Waals surface area contributed by atoms with E-state index in [1.54, 1.807) is 7.11 Å². The molecule has 1 aromatic rings. The predicted molar refractivity (Wildman–Crippen MR) is 81.6 cm³/mol. The van der Waals surface area contributed by atoms with Crippen molar-refractivity contribution >= 4 is 0 Å². The molecule has 0 heterocycles. The molecular formula is C16H27NO3. The number of rotatable bonds is 11. The van der Waals surface area contributed by atoms with Gasteiger partial charge in [-0.3, -0.25) is 0 Å². The van der Waals surface area contributed by atoms with E-state index in [9.17, 15) is 0 Å². The molecule has 4 nitrogen and oxygen atoms in total. The summed E-state index contributed by atoms with van der Waals surface area (Å²) in [7, 11) is 1.71. The Labute approximate surface area is 122 Å². The first-order valence-corrected chi connectivity index (χ1v) is 7.40. The first-order chi connectivity index (χ1) is 9.81. The van der Waals surface area contributed by atoms with Crippen LogP contribution in [0.15, 0.2) is 18.2 Å². The van der Waals surface area contributed by atoms with Crippen LogP contribution in [0.5, 0.6) is 11.5 Å². The van der Waals surface area contributed by atoms with Crippen LogP contribution in [0.1, 0.15) is 32.3 Å². The fraction of sp³-hybridized carbons (Fsp3) is 0.625. The van der Waals surface area contributed by atoms with E-state index in [4.69, 9.17) is 14.2 Å². The Bertz CT molecular complexity index is 369. The second-order valence-electron chi connectivity index (χ2n) is 4.64. The van der Waals surface area contributed by atoms with Gasteiger partial charge in [0.05, 0.1) is 19.8 Å². The van der Waals surface area contributed by atoms with Gasteiger partial charge in [-0.2, -0.15) is 0 Å². The number of ether oxygens (including phenoxy) is 3. The molecule has 0 saturated heterocycles. The summed E-state index contributed by atoms with van der Waals surface area (Å²) in [6.07, 6.45) is 2.00. The molecule has 1 N–H and O–H groups in total. The van der Waals surface area contributed by atoms with Crippen LogP contribution in [0, 0.1) is 0 Å². The Morgan fingerprint density at radius 1 is 1.00 bits per heavy atom. The smallest absolute Gasteiger partial charge is 0.127 e. The van der Waals surface area contributed by atoms with Crippen LogP contribution in [0.3, 0.4) is 0 Å². The molecule has 114 valence electrons. The lowest BCUT2D eigenvalue weighted by Crippen LogP contribution is -2.19. The maximum Gasteiger partial charge on any atom is 0.127 e. The lowest BCUT2D eigenvalue weighted by Gasteiger charge is -2.14. The van der Waals surface area contributed by atoms with E-state index in [1.165, 1.54) is 0 Å². The zero-order chi connectivity index (χ0) is 14.6. The third-order valence-corrected chi connectivity index (χ3v) is 2.77. The van der Waals surface area contributed by atoms with Gasteiger partial charge in [0.25, 0.3) is 0 Å². The molecule has 0 atom stereocenters. The minimum atomic E-state index is 0.711. The van der Waals surface area contributed by atoms with Crippen molar-refractivity contribution in [1.29, 1.82) is 0 Å². The Morgan fingerprint density at radius 2 is 1.75 bits per heavy atom. The highest BCUT2D eigenvalue weighted by Gasteiger charge is 2.06. The van der Waals surface area contributed by atoms with E-state index < -0.39 is 0 Å². The lowest BCUT2D eigenvalue weighted by molar-refractivity contribution is 0.199. The minimum Gasteiger partial charge on any atom is -0.493 e. The summed E-state index contributed by atoms with van der Waals surface area (Å²) in [5, 5.41) is 3.34. The molecule has 0 aromatic heterocycles. The summed E-state index contributed by atoms with van der Waals surface area (Å²) in [5.74, 6) is 1.78. The average molecular weight is 281 g/mol. The normalized spacial score (nSPS) is 10.6. The summed E-state index contributed by atoms with van der Waals surface area (Å²) in [5.41, 5.74) is 1.15. The Morgan fingerprint density at radius 3 is 2.45 bits per heavy atom. The van der Waals surface area contributed by atoms with Gasteiger partial charge in [0.15, 0.2) is 0 Å². The number of methoxy groups -OCH3 is 1. The summed E-state index contributed by atoms with van der Waals surface area (Å²) in [6, 6.07) is 6.05. The first kappa shape index (κ1) is 16.8. The second-order valence-corrected chi connectivity index (χ2v) is 4.64. The van der Waals surface area contributed by atoms with Crippen LogP contribution in [-0.4, -0.2) is 33.5 Å². The van der Waals surface area contributed by atoms with Gasteiger partial charge in [-0.15, -0.1) is 0 Å². The maximum atomic E-state index is 5.81. The molecule has 4 heteroatoms. The molecule has 0 aliphatic rings. The van der Waals surface area contributed by atoms with Gasteiger partial charge in [0, 0.05) is 31.8 Å². The average Bonchev–Trinajstić information content (AvgIpc) is 2.48. The summed E-state index contributed by atoms with van der Waals surface area (Å²) in [4.78, 5) is 0. The van der Waals surface area contributed by atoms with E-state index in [0.717, 1.165) is 56.2 Å². The van der Waals surface area contributed by atoms with Crippen LogP contribution in [-0.2, 0) is 11.3 Å². The summed E-state index contributed by atoms with van der Waals surface area (Å²) >= 11 is 0. The zero-order valence-electron chi connectivity index (χ0n) is 12.9. The standard InChI is InChI=1S/C16H27NO3/c1-4-9-19-15-7-6-14(13-17-8-11-18-3)16(12-15)20-10-5-2/h6-7,12,17H,4-5,8-11,13H2,1-3H3. The molecule has 0 radical (unpaired) electrons. The largest absolute Gasteiger partial charge is 0.493 e. The molecule has 0 unspecified atom stereocenters. The van der Waals surface area contributed by atoms with Gasteiger partial charge < -0.3 is 19.5 Å². The molecule has 1 rings (SSSR count). The van der Waals surface area contributed by atoms with Crippen molar-refractivity contribution in [3.05, 3.63) is 23.8 Å². The number of benzene rings is 1. The monoisotopic (exact) mass is 281 g/mol. The number of nitrogens with one attached hydrogen (secondary N) is 1. The van der Waals surface area contributed by atoms with E-state index >= 15 is 0 Å². The van der Waals surface area contributed by atoms with E-state index in [1.807, 2.05) is 12.1 Å². The second kappa shape index (κ2) is 10.5. The SMILES string of the molecule is CCCOc1ccc(CNCCOC)c(OCCC)c1. The number of hydrogen-bond donors (Lipinski definition) is 1. The summed E-state index contributed by atoms with van der Waals surface area (Å²) < 4.78 is 16.5. The fourth-order valence-electron chi connectivity index (χ4n) is 1.73. The highest BCUT2D eigenvalue weighted by molar-refractivity contribution is 5.40.